The minimum absolute atomic E-state index is 0.0880. The van der Waals surface area contributed by atoms with Gasteiger partial charge >= 0.3 is 0 Å². The molecule has 0 N–H and O–H groups in total. The topological polar surface area (TPSA) is 88.1 Å². The maximum Gasteiger partial charge on any atom is 0.294 e. The first-order chi connectivity index (χ1) is 19.0. The van der Waals surface area contributed by atoms with Gasteiger partial charge in [0.1, 0.15) is 29.4 Å². The molecule has 39 heavy (non-hydrogen) atoms. The van der Waals surface area contributed by atoms with Crippen LogP contribution in [-0.2, 0) is 13.0 Å². The van der Waals surface area contributed by atoms with Gasteiger partial charge in [-0.15, -0.1) is 5.10 Å². The largest absolute Gasteiger partial charge is 0.496 e. The zero-order valence-corrected chi connectivity index (χ0v) is 22.5. The lowest BCUT2D eigenvalue weighted by Crippen LogP contribution is -2.04. The van der Waals surface area contributed by atoms with Crippen molar-refractivity contribution >= 4 is 33.1 Å². The van der Waals surface area contributed by atoms with Crippen LogP contribution in [0.15, 0.2) is 77.3 Å². The summed E-state index contributed by atoms with van der Waals surface area (Å²) in [5, 5.41) is 5.67. The Morgan fingerprint density at radius 1 is 1.00 bits per heavy atom. The smallest absolute Gasteiger partial charge is 0.294 e. The minimum atomic E-state index is 0.0880. The number of aromatic nitrogens is 3. The first-order valence-corrected chi connectivity index (χ1v) is 13.1. The lowest BCUT2D eigenvalue weighted by atomic mass is 10.0. The van der Waals surface area contributed by atoms with E-state index in [1.807, 2.05) is 73.7 Å². The minimum Gasteiger partial charge on any atom is -0.496 e. The van der Waals surface area contributed by atoms with Gasteiger partial charge < -0.3 is 18.6 Å². The van der Waals surface area contributed by atoms with Crippen molar-refractivity contribution in [3.05, 3.63) is 95.2 Å². The van der Waals surface area contributed by atoms with E-state index in [0.29, 0.717) is 51.7 Å². The molecular formula is C30H25N3O5S. The average molecular weight is 540 g/mol. The Morgan fingerprint density at radius 2 is 1.85 bits per heavy atom. The molecule has 0 aliphatic carbocycles. The van der Waals surface area contributed by atoms with Gasteiger partial charge in [-0.05, 0) is 41.5 Å². The summed E-state index contributed by atoms with van der Waals surface area (Å²) in [4.78, 5) is 18.1. The van der Waals surface area contributed by atoms with Crippen molar-refractivity contribution in [3.8, 4) is 28.1 Å². The molecular weight excluding hydrogens is 514 g/mol. The molecule has 0 amide bonds. The van der Waals surface area contributed by atoms with E-state index in [1.165, 1.54) is 11.3 Å². The Hall–Kier alpha value is -4.63. The molecule has 8 nitrogen and oxygen atoms in total. The van der Waals surface area contributed by atoms with Crippen LogP contribution in [0.1, 0.15) is 27.0 Å². The summed E-state index contributed by atoms with van der Waals surface area (Å²) in [6.07, 6.45) is 2.13. The summed E-state index contributed by atoms with van der Waals surface area (Å²) in [6, 6.07) is 21.1. The molecule has 0 atom stereocenters. The van der Waals surface area contributed by atoms with Crippen molar-refractivity contribution in [2.24, 2.45) is 0 Å². The van der Waals surface area contributed by atoms with Crippen LogP contribution in [0.25, 0.3) is 27.4 Å². The number of nitrogens with zero attached hydrogens (tertiary/aromatic N) is 3. The number of Topliss-reactive ketones (excluding diaryl/α,β-unsaturated/α-hetero) is 1. The Kier molecular flexibility index (Phi) is 6.50. The highest BCUT2D eigenvalue weighted by Gasteiger charge is 2.17. The lowest BCUT2D eigenvalue weighted by molar-refractivity contribution is 0.0993. The van der Waals surface area contributed by atoms with E-state index in [9.17, 15) is 4.79 Å². The van der Waals surface area contributed by atoms with Crippen LogP contribution in [0, 0.1) is 6.92 Å². The molecule has 6 rings (SSSR count). The first kappa shape index (κ1) is 24.7. The molecule has 0 aliphatic heterocycles. The molecule has 0 unspecified atom stereocenters. The zero-order valence-electron chi connectivity index (χ0n) is 21.6. The van der Waals surface area contributed by atoms with Gasteiger partial charge in [-0.25, -0.2) is 9.50 Å². The highest BCUT2D eigenvalue weighted by Crippen LogP contribution is 2.37. The van der Waals surface area contributed by atoms with Crippen molar-refractivity contribution < 1.29 is 23.4 Å². The van der Waals surface area contributed by atoms with Gasteiger partial charge in [0.25, 0.3) is 5.19 Å². The second-order valence-corrected chi connectivity index (χ2v) is 10.1. The van der Waals surface area contributed by atoms with E-state index in [2.05, 4.69) is 10.1 Å². The van der Waals surface area contributed by atoms with E-state index >= 15 is 0 Å². The molecule has 0 aliphatic rings. The summed E-state index contributed by atoms with van der Waals surface area (Å²) < 4.78 is 24.7. The number of methoxy groups -OCH3 is 2. The third-order valence-corrected chi connectivity index (χ3v) is 7.23. The monoisotopic (exact) mass is 539 g/mol. The van der Waals surface area contributed by atoms with Crippen LogP contribution in [0.3, 0.4) is 0 Å². The quantitative estimate of drug-likeness (QED) is 0.193. The van der Waals surface area contributed by atoms with Crippen molar-refractivity contribution in [2.45, 2.75) is 20.0 Å². The molecule has 196 valence electrons. The molecule has 0 saturated heterocycles. The number of carbonyl (C=O) groups is 1. The number of ketones is 1. The maximum atomic E-state index is 12.8. The SMILES string of the molecule is COc1cc(OCc2cccc(CC(=O)c3cccc(C)c3)c2)c2cc(-c3cn4nc(OC)sc4n3)oc2c1. The summed E-state index contributed by atoms with van der Waals surface area (Å²) >= 11 is 1.35. The highest BCUT2D eigenvalue weighted by atomic mass is 32.1. The van der Waals surface area contributed by atoms with Crippen molar-refractivity contribution in [1.29, 1.82) is 0 Å². The van der Waals surface area contributed by atoms with Gasteiger partial charge in [0.2, 0.25) is 4.96 Å². The van der Waals surface area contributed by atoms with Crippen molar-refractivity contribution in [2.75, 3.05) is 14.2 Å². The molecule has 0 bridgehead atoms. The molecule has 3 heterocycles. The third kappa shape index (κ3) is 5.08. The van der Waals surface area contributed by atoms with Crippen LogP contribution >= 0.6 is 11.3 Å². The number of imidazole rings is 1. The van der Waals surface area contributed by atoms with Gasteiger partial charge in [-0.2, -0.15) is 0 Å². The molecule has 9 heteroatoms. The summed E-state index contributed by atoms with van der Waals surface area (Å²) in [5.74, 6) is 1.93. The predicted molar refractivity (Wildman–Crippen MR) is 149 cm³/mol. The van der Waals surface area contributed by atoms with Crippen molar-refractivity contribution in [1.82, 2.24) is 14.6 Å². The van der Waals surface area contributed by atoms with Gasteiger partial charge in [0.15, 0.2) is 11.5 Å². The average Bonchev–Trinajstić information content (AvgIpc) is 3.65. The molecule has 0 spiro atoms. The van der Waals surface area contributed by atoms with E-state index in [-0.39, 0.29) is 5.78 Å². The number of aryl methyl sites for hydroxylation is 1. The Morgan fingerprint density at radius 3 is 2.64 bits per heavy atom. The molecule has 6 aromatic rings. The van der Waals surface area contributed by atoms with E-state index in [4.69, 9.17) is 18.6 Å². The van der Waals surface area contributed by atoms with Crippen molar-refractivity contribution in [3.63, 3.8) is 0 Å². The van der Waals surface area contributed by atoms with E-state index in [0.717, 1.165) is 27.6 Å². The Bertz CT molecular complexity index is 1780. The number of hydrogen-bond donors (Lipinski definition) is 0. The fourth-order valence-electron chi connectivity index (χ4n) is 4.43. The van der Waals surface area contributed by atoms with Crippen LogP contribution in [-0.4, -0.2) is 34.6 Å². The summed E-state index contributed by atoms with van der Waals surface area (Å²) in [7, 11) is 3.18. The standard InChI is InChI=1S/C30H25N3O5S/c1-18-6-4-9-21(10-18)25(34)12-19-7-5-8-20(11-19)17-37-26-13-22(35-2)14-27-23(26)15-28(38-27)24-16-33-29(31-24)39-30(32-33)36-3/h4-11,13-16H,12,17H2,1-3H3. The first-order valence-electron chi connectivity index (χ1n) is 12.3. The van der Waals surface area contributed by atoms with Crippen LogP contribution in [0.2, 0.25) is 0 Å². The summed E-state index contributed by atoms with van der Waals surface area (Å²) in [6.45, 7) is 2.30. The molecule has 3 aromatic heterocycles. The van der Waals surface area contributed by atoms with E-state index in [1.54, 1.807) is 24.9 Å². The number of fused-ring (bicyclic) bond motifs is 2. The molecule has 3 aromatic carbocycles. The number of furan rings is 1. The van der Waals surface area contributed by atoms with Gasteiger partial charge in [-0.1, -0.05) is 48.0 Å². The number of benzene rings is 3. The normalized spacial score (nSPS) is 11.3. The second kappa shape index (κ2) is 10.3. The Labute approximate surface area is 228 Å². The zero-order chi connectivity index (χ0) is 26.9. The van der Waals surface area contributed by atoms with Crippen LogP contribution < -0.4 is 14.2 Å². The van der Waals surface area contributed by atoms with Gasteiger partial charge in [0, 0.05) is 24.1 Å². The second-order valence-electron chi connectivity index (χ2n) is 9.15. The predicted octanol–water partition coefficient (Wildman–Crippen LogP) is 6.53. The number of hydrogen-bond acceptors (Lipinski definition) is 8. The third-order valence-electron chi connectivity index (χ3n) is 6.35. The molecule has 0 radical (unpaired) electrons. The van der Waals surface area contributed by atoms with Gasteiger partial charge in [0.05, 0.1) is 25.8 Å². The fraction of sp³-hybridized carbons (Fsp3) is 0.167. The molecule has 0 saturated carbocycles. The lowest BCUT2D eigenvalue weighted by Gasteiger charge is -2.10. The number of ether oxygens (including phenoxy) is 3. The fourth-order valence-corrected chi connectivity index (χ4v) is 5.13. The number of carbonyl (C=O) groups excluding carboxylic acids is 1. The molecule has 0 fully saturated rings. The maximum absolute atomic E-state index is 12.8. The van der Waals surface area contributed by atoms with Gasteiger partial charge in [-0.3, -0.25) is 4.79 Å². The number of rotatable bonds is 9. The van der Waals surface area contributed by atoms with Crippen LogP contribution in [0.4, 0.5) is 0 Å². The Balaban J connectivity index is 1.23. The highest BCUT2D eigenvalue weighted by molar-refractivity contribution is 7.18. The van der Waals surface area contributed by atoms with Crippen LogP contribution in [0.5, 0.6) is 16.7 Å². The summed E-state index contributed by atoms with van der Waals surface area (Å²) in [5.41, 5.74) is 4.97. The van der Waals surface area contributed by atoms with E-state index < -0.39 is 0 Å².